The van der Waals surface area contributed by atoms with Gasteiger partial charge in [-0.25, -0.2) is 8.78 Å². The molecule has 0 fully saturated rings. The normalized spacial score (nSPS) is 20.7. The van der Waals surface area contributed by atoms with Crippen molar-refractivity contribution >= 4 is 6.29 Å². The van der Waals surface area contributed by atoms with Crippen LogP contribution < -0.4 is 0 Å². The van der Waals surface area contributed by atoms with E-state index in [-0.39, 0.29) is 11.7 Å². The van der Waals surface area contributed by atoms with E-state index in [0.29, 0.717) is 0 Å². The molecule has 0 spiro atoms. The number of hydrogen-bond acceptors (Lipinski definition) is 1. The topological polar surface area (TPSA) is 17.1 Å². The molecule has 0 saturated carbocycles. The van der Waals surface area contributed by atoms with E-state index in [2.05, 4.69) is 26.8 Å². The molecule has 22 heavy (non-hydrogen) atoms. The van der Waals surface area contributed by atoms with Gasteiger partial charge >= 0.3 is 0 Å². The van der Waals surface area contributed by atoms with Crippen LogP contribution in [0.15, 0.2) is 58.8 Å². The summed E-state index contributed by atoms with van der Waals surface area (Å²) in [5, 5.41) is 0. The summed E-state index contributed by atoms with van der Waals surface area (Å²) in [7, 11) is 0. The lowest BCUT2D eigenvalue weighted by atomic mass is 9.72. The molecule has 0 unspecified atom stereocenters. The lowest BCUT2D eigenvalue weighted by Crippen LogP contribution is -2.19. The summed E-state index contributed by atoms with van der Waals surface area (Å²) in [5.41, 5.74) is 3.88. The molecule has 0 heterocycles. The lowest BCUT2D eigenvalue weighted by Gasteiger charge is -2.32. The summed E-state index contributed by atoms with van der Waals surface area (Å²) < 4.78 is 25.6. The first-order chi connectivity index (χ1) is 10.3. The molecule has 0 amide bonds. The van der Waals surface area contributed by atoms with E-state index in [1.54, 1.807) is 6.08 Å². The Balaban J connectivity index is 2.84. The number of aldehydes is 1. The molecular weight excluding hydrogens is 282 g/mol. The van der Waals surface area contributed by atoms with Crippen LogP contribution in [0.1, 0.15) is 47.0 Å². The van der Waals surface area contributed by atoms with Crippen LogP contribution in [0.2, 0.25) is 0 Å². The first kappa shape index (κ1) is 18.3. The minimum atomic E-state index is -1.39. The smallest absolute Gasteiger partial charge is 0.198 e. The zero-order valence-corrected chi connectivity index (χ0v) is 13.7. The SMILES string of the molecule is CC1=C(/C=C/C(C)=C/C=C/C(F)=C(\F)C=O)C(C)(C)CCC1. The van der Waals surface area contributed by atoms with Crippen LogP contribution in [0.3, 0.4) is 0 Å². The Labute approximate surface area is 131 Å². The van der Waals surface area contributed by atoms with Crippen LogP contribution in [-0.2, 0) is 4.79 Å². The molecule has 1 nitrogen and oxygen atoms in total. The van der Waals surface area contributed by atoms with Gasteiger partial charge in [-0.2, -0.15) is 0 Å². The van der Waals surface area contributed by atoms with Crippen LogP contribution in [0.5, 0.6) is 0 Å². The van der Waals surface area contributed by atoms with Crippen molar-refractivity contribution in [1.82, 2.24) is 0 Å². The van der Waals surface area contributed by atoms with Crippen LogP contribution in [0, 0.1) is 5.41 Å². The van der Waals surface area contributed by atoms with Crippen molar-refractivity contribution in [3.8, 4) is 0 Å². The van der Waals surface area contributed by atoms with Crippen LogP contribution in [-0.4, -0.2) is 6.29 Å². The lowest BCUT2D eigenvalue weighted by molar-refractivity contribution is -0.106. The van der Waals surface area contributed by atoms with Gasteiger partial charge in [-0.05, 0) is 50.2 Å². The molecule has 0 N–H and O–H groups in total. The fourth-order valence-corrected chi connectivity index (χ4v) is 2.70. The monoisotopic (exact) mass is 306 g/mol. The van der Waals surface area contributed by atoms with E-state index in [1.807, 2.05) is 13.0 Å². The van der Waals surface area contributed by atoms with Gasteiger partial charge in [0.15, 0.2) is 17.9 Å². The van der Waals surface area contributed by atoms with Crippen molar-refractivity contribution in [3.63, 3.8) is 0 Å². The molecule has 0 atom stereocenters. The molecule has 1 aliphatic rings. The Morgan fingerprint density at radius 1 is 1.18 bits per heavy atom. The highest BCUT2D eigenvalue weighted by Gasteiger charge is 2.26. The molecule has 0 aliphatic heterocycles. The second kappa shape index (κ2) is 8.02. The van der Waals surface area contributed by atoms with Crippen LogP contribution in [0.4, 0.5) is 8.78 Å². The Morgan fingerprint density at radius 2 is 1.86 bits per heavy atom. The highest BCUT2D eigenvalue weighted by molar-refractivity contribution is 5.71. The number of carbonyl (C=O) groups is 1. The number of hydrogen-bond donors (Lipinski definition) is 0. The van der Waals surface area contributed by atoms with Crippen molar-refractivity contribution in [2.24, 2.45) is 5.41 Å². The molecule has 120 valence electrons. The number of allylic oxidation sites excluding steroid dienone is 10. The van der Waals surface area contributed by atoms with Crippen molar-refractivity contribution < 1.29 is 13.6 Å². The minimum Gasteiger partial charge on any atom is -0.295 e. The molecule has 0 aromatic carbocycles. The fraction of sp³-hybridized carbons (Fsp3) is 0.421. The molecule has 0 aromatic heterocycles. The third kappa shape index (κ3) is 5.21. The predicted octanol–water partition coefficient (Wildman–Crippen LogP) is 5.92. The number of halogens is 2. The Hall–Kier alpha value is -1.77. The van der Waals surface area contributed by atoms with Gasteiger partial charge in [0.05, 0.1) is 0 Å². The predicted molar refractivity (Wildman–Crippen MR) is 87.7 cm³/mol. The second-order valence-corrected chi connectivity index (χ2v) is 6.35. The average Bonchev–Trinajstić information content (AvgIpc) is 2.45. The zero-order chi connectivity index (χ0) is 16.8. The van der Waals surface area contributed by atoms with Gasteiger partial charge in [-0.1, -0.05) is 49.3 Å². The summed E-state index contributed by atoms with van der Waals surface area (Å²) in [5.74, 6) is -2.54. The molecular formula is C19H24F2O. The molecule has 0 saturated heterocycles. The van der Waals surface area contributed by atoms with Crippen molar-refractivity contribution in [2.45, 2.75) is 47.0 Å². The van der Waals surface area contributed by atoms with E-state index in [9.17, 15) is 13.6 Å². The van der Waals surface area contributed by atoms with E-state index < -0.39 is 11.7 Å². The van der Waals surface area contributed by atoms with E-state index in [1.165, 1.54) is 30.1 Å². The quantitative estimate of drug-likeness (QED) is 0.350. The second-order valence-electron chi connectivity index (χ2n) is 6.35. The molecule has 0 aromatic rings. The maximum absolute atomic E-state index is 13.0. The number of rotatable bonds is 5. The van der Waals surface area contributed by atoms with E-state index in [0.717, 1.165) is 18.1 Å². The number of carbonyl (C=O) groups excluding carboxylic acids is 1. The largest absolute Gasteiger partial charge is 0.295 e. The van der Waals surface area contributed by atoms with Gasteiger partial charge in [0, 0.05) is 0 Å². The maximum Gasteiger partial charge on any atom is 0.198 e. The summed E-state index contributed by atoms with van der Waals surface area (Å²) in [6.45, 7) is 8.56. The average molecular weight is 306 g/mol. The molecule has 1 aliphatic carbocycles. The van der Waals surface area contributed by atoms with Crippen molar-refractivity contribution in [1.29, 1.82) is 0 Å². The van der Waals surface area contributed by atoms with Crippen molar-refractivity contribution in [2.75, 3.05) is 0 Å². The van der Waals surface area contributed by atoms with Gasteiger partial charge in [-0.3, -0.25) is 4.79 Å². The molecule has 3 heteroatoms. The zero-order valence-electron chi connectivity index (χ0n) is 13.7. The van der Waals surface area contributed by atoms with Crippen molar-refractivity contribution in [3.05, 3.63) is 58.8 Å². The standard InChI is InChI=1S/C19H24F2O/c1-14(7-5-9-17(20)18(21)13-22)10-11-16-15(2)8-6-12-19(16,3)4/h5,7,9-11,13H,6,8,12H2,1-4H3/b9-5+,11-10+,14-7+,18-17+. The summed E-state index contributed by atoms with van der Waals surface area (Å²) in [6, 6.07) is 0. The fourth-order valence-electron chi connectivity index (χ4n) is 2.70. The van der Waals surface area contributed by atoms with Gasteiger partial charge in [0.1, 0.15) is 0 Å². The first-order valence-corrected chi connectivity index (χ1v) is 7.51. The Kier molecular flexibility index (Phi) is 6.66. The van der Waals surface area contributed by atoms with Gasteiger partial charge in [-0.15, -0.1) is 0 Å². The summed E-state index contributed by atoms with van der Waals surface area (Å²) in [4.78, 5) is 10.1. The Morgan fingerprint density at radius 3 is 2.45 bits per heavy atom. The highest BCUT2D eigenvalue weighted by Crippen LogP contribution is 2.40. The van der Waals surface area contributed by atoms with Gasteiger partial charge in [0.25, 0.3) is 0 Å². The summed E-state index contributed by atoms with van der Waals surface area (Å²) >= 11 is 0. The van der Waals surface area contributed by atoms with Crippen LogP contribution >= 0.6 is 0 Å². The van der Waals surface area contributed by atoms with E-state index >= 15 is 0 Å². The van der Waals surface area contributed by atoms with Gasteiger partial charge in [0.2, 0.25) is 0 Å². The van der Waals surface area contributed by atoms with Gasteiger partial charge < -0.3 is 0 Å². The summed E-state index contributed by atoms with van der Waals surface area (Å²) in [6.07, 6.45) is 11.5. The molecule has 1 rings (SSSR count). The maximum atomic E-state index is 13.0. The first-order valence-electron chi connectivity index (χ1n) is 7.51. The minimum absolute atomic E-state index is 0.142. The molecule has 0 bridgehead atoms. The third-order valence-corrected chi connectivity index (χ3v) is 3.99. The molecule has 0 radical (unpaired) electrons. The Bertz CT molecular complexity index is 572. The third-order valence-electron chi connectivity index (χ3n) is 3.99. The van der Waals surface area contributed by atoms with Crippen LogP contribution in [0.25, 0.3) is 0 Å². The van der Waals surface area contributed by atoms with E-state index in [4.69, 9.17) is 0 Å². The highest BCUT2D eigenvalue weighted by atomic mass is 19.2.